The summed E-state index contributed by atoms with van der Waals surface area (Å²) in [5.41, 5.74) is 0. The lowest BCUT2D eigenvalue weighted by molar-refractivity contribution is 0.580. The van der Waals surface area contributed by atoms with Crippen LogP contribution in [0.1, 0.15) is 98.3 Å². The van der Waals surface area contributed by atoms with E-state index in [2.05, 4.69) is 38.3 Å². The molecular weight excluding hydrogens is 256 g/mol. The van der Waals surface area contributed by atoms with E-state index in [1.54, 1.807) is 0 Å². The molecule has 130 valence electrons. The molecule has 0 spiro atoms. The number of hydrogen-bond acceptors (Lipinski definition) is 2. The topological polar surface area (TPSA) is 24.1 Å². The number of nitrogens with one attached hydrogen (secondary N) is 2. The molecule has 0 aliphatic heterocycles. The Morgan fingerprint density at radius 2 is 0.762 bits per heavy atom. The van der Waals surface area contributed by atoms with Crippen LogP contribution in [-0.2, 0) is 0 Å². The highest BCUT2D eigenvalue weighted by molar-refractivity contribution is 4.47. The highest BCUT2D eigenvalue weighted by atomic mass is 14.8. The van der Waals surface area contributed by atoms with Crippen molar-refractivity contribution in [2.45, 2.75) is 98.3 Å². The van der Waals surface area contributed by atoms with Crippen LogP contribution in [0.15, 0.2) is 0 Å². The standard InChI is InChI=1S/C10H23N.C9H21N/c1-3-5-6-7-8-9-10-11-4-2;1-3-5-6-7-8-9-10-4-2/h11H,3-10H2,1-2H3;10H,3-9H2,1-2H3. The van der Waals surface area contributed by atoms with Gasteiger partial charge >= 0.3 is 0 Å². The summed E-state index contributed by atoms with van der Waals surface area (Å²) in [5.74, 6) is 0. The van der Waals surface area contributed by atoms with Crippen molar-refractivity contribution in [3.8, 4) is 0 Å². The van der Waals surface area contributed by atoms with Gasteiger partial charge in [-0.25, -0.2) is 0 Å². The van der Waals surface area contributed by atoms with Crippen LogP contribution in [0.3, 0.4) is 0 Å². The van der Waals surface area contributed by atoms with Crippen LogP contribution < -0.4 is 10.6 Å². The molecule has 0 radical (unpaired) electrons. The molecule has 0 aromatic rings. The predicted molar refractivity (Wildman–Crippen MR) is 99.2 cm³/mol. The molecule has 0 bridgehead atoms. The molecule has 0 fully saturated rings. The molecule has 0 aliphatic carbocycles. The molecule has 0 aromatic heterocycles. The summed E-state index contributed by atoms with van der Waals surface area (Å²) in [6.07, 6.45) is 15.3. The molecule has 0 rings (SSSR count). The zero-order valence-electron chi connectivity index (χ0n) is 15.6. The first-order valence-electron chi connectivity index (χ1n) is 9.74. The van der Waals surface area contributed by atoms with Gasteiger partial charge in [-0.1, -0.05) is 85.5 Å². The van der Waals surface area contributed by atoms with Gasteiger partial charge in [-0.15, -0.1) is 0 Å². The Balaban J connectivity index is 0. The minimum atomic E-state index is 1.12. The maximum atomic E-state index is 3.34. The van der Waals surface area contributed by atoms with E-state index in [1.165, 1.54) is 83.7 Å². The van der Waals surface area contributed by atoms with Gasteiger partial charge in [0.05, 0.1) is 0 Å². The molecule has 0 atom stereocenters. The average molecular weight is 301 g/mol. The monoisotopic (exact) mass is 300 g/mol. The van der Waals surface area contributed by atoms with Gasteiger partial charge in [0.15, 0.2) is 0 Å². The number of unbranched alkanes of at least 4 members (excludes halogenated alkanes) is 9. The van der Waals surface area contributed by atoms with Gasteiger partial charge in [0.1, 0.15) is 0 Å². The summed E-state index contributed by atoms with van der Waals surface area (Å²) in [7, 11) is 0. The minimum absolute atomic E-state index is 1.12. The van der Waals surface area contributed by atoms with Crippen molar-refractivity contribution >= 4 is 0 Å². The smallest absolute Gasteiger partial charge is 0.00490 e. The molecule has 0 saturated heterocycles. The molecule has 0 heterocycles. The van der Waals surface area contributed by atoms with Gasteiger partial charge < -0.3 is 10.6 Å². The summed E-state index contributed by atoms with van der Waals surface area (Å²) in [6, 6.07) is 0. The fraction of sp³-hybridized carbons (Fsp3) is 1.00. The fourth-order valence-corrected chi connectivity index (χ4v) is 2.24. The zero-order valence-corrected chi connectivity index (χ0v) is 15.6. The third kappa shape index (κ3) is 28.7. The number of rotatable bonds is 15. The highest BCUT2D eigenvalue weighted by Gasteiger charge is 1.88. The molecule has 0 saturated carbocycles. The maximum Gasteiger partial charge on any atom is -0.00490 e. The summed E-state index contributed by atoms with van der Waals surface area (Å²) >= 11 is 0. The van der Waals surface area contributed by atoms with Gasteiger partial charge in [-0.05, 0) is 39.0 Å². The Labute approximate surface area is 135 Å². The van der Waals surface area contributed by atoms with Gasteiger partial charge in [-0.3, -0.25) is 0 Å². The van der Waals surface area contributed by atoms with Gasteiger partial charge in [0.2, 0.25) is 0 Å². The van der Waals surface area contributed by atoms with Crippen LogP contribution in [0.4, 0.5) is 0 Å². The van der Waals surface area contributed by atoms with Crippen molar-refractivity contribution < 1.29 is 0 Å². The van der Waals surface area contributed by atoms with Crippen LogP contribution in [0, 0.1) is 0 Å². The fourth-order valence-electron chi connectivity index (χ4n) is 2.24. The number of hydrogen-bond donors (Lipinski definition) is 2. The SMILES string of the molecule is CCCCCCCCNCC.CCCCCCCNCC. The third-order valence-electron chi connectivity index (χ3n) is 3.66. The average Bonchev–Trinajstić information content (AvgIpc) is 2.51. The minimum Gasteiger partial charge on any atom is -0.317 e. The Kier molecular flexibility index (Phi) is 27.5. The maximum absolute atomic E-state index is 3.34. The van der Waals surface area contributed by atoms with Crippen LogP contribution in [0.2, 0.25) is 0 Å². The normalized spacial score (nSPS) is 10.3. The van der Waals surface area contributed by atoms with E-state index in [4.69, 9.17) is 0 Å². The molecule has 2 nitrogen and oxygen atoms in total. The molecule has 0 amide bonds. The molecule has 0 aliphatic rings. The molecular formula is C19H44N2. The molecule has 2 heteroatoms. The molecule has 2 N–H and O–H groups in total. The summed E-state index contributed by atoms with van der Waals surface area (Å²) < 4.78 is 0. The first kappa shape index (κ1) is 23.2. The quantitative estimate of drug-likeness (QED) is 0.389. The molecule has 0 unspecified atom stereocenters. The first-order valence-corrected chi connectivity index (χ1v) is 9.74. The van der Waals surface area contributed by atoms with Crippen molar-refractivity contribution in [3.05, 3.63) is 0 Å². The Bertz CT molecular complexity index is 133. The van der Waals surface area contributed by atoms with Gasteiger partial charge in [-0.2, -0.15) is 0 Å². The van der Waals surface area contributed by atoms with E-state index in [1.807, 2.05) is 0 Å². The largest absolute Gasteiger partial charge is 0.317 e. The van der Waals surface area contributed by atoms with E-state index in [0.29, 0.717) is 0 Å². The predicted octanol–water partition coefficient (Wildman–Crippen LogP) is 5.52. The van der Waals surface area contributed by atoms with Crippen molar-refractivity contribution in [3.63, 3.8) is 0 Å². The summed E-state index contributed by atoms with van der Waals surface area (Å²) in [5, 5.41) is 6.66. The summed E-state index contributed by atoms with van der Waals surface area (Å²) in [6.45, 7) is 13.5. The highest BCUT2D eigenvalue weighted by Crippen LogP contribution is 2.03. The van der Waals surface area contributed by atoms with E-state index in [9.17, 15) is 0 Å². The lowest BCUT2D eigenvalue weighted by Gasteiger charge is -2.00. The van der Waals surface area contributed by atoms with Gasteiger partial charge in [0.25, 0.3) is 0 Å². The van der Waals surface area contributed by atoms with Crippen LogP contribution in [0.25, 0.3) is 0 Å². The van der Waals surface area contributed by atoms with E-state index in [-0.39, 0.29) is 0 Å². The van der Waals surface area contributed by atoms with E-state index >= 15 is 0 Å². The second kappa shape index (κ2) is 24.9. The zero-order chi connectivity index (χ0) is 16.0. The Hall–Kier alpha value is -0.0800. The summed E-state index contributed by atoms with van der Waals surface area (Å²) in [4.78, 5) is 0. The van der Waals surface area contributed by atoms with Crippen molar-refractivity contribution in [2.24, 2.45) is 0 Å². The van der Waals surface area contributed by atoms with Crippen molar-refractivity contribution in [2.75, 3.05) is 26.2 Å². The molecule has 0 aromatic carbocycles. The van der Waals surface area contributed by atoms with Crippen LogP contribution >= 0.6 is 0 Å². The Morgan fingerprint density at radius 1 is 0.429 bits per heavy atom. The van der Waals surface area contributed by atoms with E-state index < -0.39 is 0 Å². The van der Waals surface area contributed by atoms with Crippen molar-refractivity contribution in [1.29, 1.82) is 0 Å². The third-order valence-corrected chi connectivity index (χ3v) is 3.66. The second-order valence-corrected chi connectivity index (χ2v) is 5.89. The lowest BCUT2D eigenvalue weighted by Crippen LogP contribution is -2.13. The van der Waals surface area contributed by atoms with Crippen molar-refractivity contribution in [1.82, 2.24) is 10.6 Å². The molecule has 21 heavy (non-hydrogen) atoms. The lowest BCUT2D eigenvalue weighted by atomic mass is 10.1. The first-order chi connectivity index (χ1) is 10.3. The van der Waals surface area contributed by atoms with Gasteiger partial charge in [0, 0.05) is 0 Å². The van der Waals surface area contributed by atoms with Crippen LogP contribution in [-0.4, -0.2) is 26.2 Å². The van der Waals surface area contributed by atoms with Crippen LogP contribution in [0.5, 0.6) is 0 Å². The Morgan fingerprint density at radius 3 is 1.10 bits per heavy atom. The second-order valence-electron chi connectivity index (χ2n) is 5.89. The van der Waals surface area contributed by atoms with E-state index in [0.717, 1.165) is 13.1 Å².